The number of nitro groups is 1. The lowest BCUT2D eigenvalue weighted by Gasteiger charge is -2.37. The molecule has 0 unspecified atom stereocenters. The lowest BCUT2D eigenvalue weighted by Crippen LogP contribution is -2.52. The van der Waals surface area contributed by atoms with Gasteiger partial charge < -0.3 is 9.80 Å². The van der Waals surface area contributed by atoms with Gasteiger partial charge in [-0.1, -0.05) is 34.8 Å². The van der Waals surface area contributed by atoms with Crippen LogP contribution in [0.5, 0.6) is 0 Å². The van der Waals surface area contributed by atoms with Crippen molar-refractivity contribution in [3.05, 3.63) is 67.1 Å². The van der Waals surface area contributed by atoms with Crippen LogP contribution in [0.15, 0.2) is 36.4 Å². The average molecular weight is 474 g/mol. The molecular formula is C18H15Cl3N4O3S. The first-order valence-electron chi connectivity index (χ1n) is 8.50. The number of anilines is 1. The third kappa shape index (κ3) is 5.08. The van der Waals surface area contributed by atoms with Crippen LogP contribution in [0.25, 0.3) is 0 Å². The second-order valence-corrected chi connectivity index (χ2v) is 7.89. The maximum absolute atomic E-state index is 12.4. The van der Waals surface area contributed by atoms with Crippen LogP contribution in [0.2, 0.25) is 15.1 Å². The van der Waals surface area contributed by atoms with E-state index in [1.54, 1.807) is 12.1 Å². The summed E-state index contributed by atoms with van der Waals surface area (Å²) < 4.78 is 0. The Kier molecular flexibility index (Phi) is 6.79. The summed E-state index contributed by atoms with van der Waals surface area (Å²) in [4.78, 5) is 26.7. The first-order chi connectivity index (χ1) is 13.8. The number of rotatable bonds is 3. The first-order valence-corrected chi connectivity index (χ1v) is 10.0. The smallest absolute Gasteiger partial charge is 0.271 e. The van der Waals surface area contributed by atoms with E-state index in [0.29, 0.717) is 41.3 Å². The van der Waals surface area contributed by atoms with Crippen molar-refractivity contribution in [2.24, 2.45) is 0 Å². The molecule has 1 amide bonds. The molecule has 1 N–H and O–H groups in total. The number of amides is 1. The summed E-state index contributed by atoms with van der Waals surface area (Å²) in [5.74, 6) is -0.405. The molecule has 0 atom stereocenters. The van der Waals surface area contributed by atoms with Gasteiger partial charge in [-0.3, -0.25) is 20.2 Å². The minimum absolute atomic E-state index is 0.0536. The van der Waals surface area contributed by atoms with Crippen molar-refractivity contribution in [1.29, 1.82) is 0 Å². The van der Waals surface area contributed by atoms with Gasteiger partial charge in [-0.05, 0) is 36.5 Å². The fourth-order valence-electron chi connectivity index (χ4n) is 2.93. The van der Waals surface area contributed by atoms with Crippen molar-refractivity contribution < 1.29 is 9.72 Å². The molecule has 0 aromatic heterocycles. The normalized spacial score (nSPS) is 13.9. The van der Waals surface area contributed by atoms with Crippen LogP contribution < -0.4 is 10.2 Å². The zero-order valence-electron chi connectivity index (χ0n) is 14.9. The van der Waals surface area contributed by atoms with Crippen molar-refractivity contribution in [2.75, 3.05) is 31.1 Å². The van der Waals surface area contributed by atoms with E-state index < -0.39 is 10.8 Å². The number of carbonyl (C=O) groups excluding carboxylic acids is 1. The van der Waals surface area contributed by atoms with E-state index in [4.69, 9.17) is 47.0 Å². The molecule has 1 aliphatic heterocycles. The van der Waals surface area contributed by atoms with Gasteiger partial charge in [0.15, 0.2) is 5.11 Å². The van der Waals surface area contributed by atoms with E-state index in [1.165, 1.54) is 24.3 Å². The predicted octanol–water partition coefficient (Wildman–Crippen LogP) is 4.39. The molecule has 2 aromatic carbocycles. The van der Waals surface area contributed by atoms with Crippen LogP contribution in [-0.4, -0.2) is 47.0 Å². The van der Waals surface area contributed by atoms with Crippen LogP contribution in [0.4, 0.5) is 11.4 Å². The van der Waals surface area contributed by atoms with E-state index in [1.807, 2.05) is 9.80 Å². The fraction of sp³-hybridized carbons (Fsp3) is 0.222. The van der Waals surface area contributed by atoms with Gasteiger partial charge in [0.05, 0.1) is 26.2 Å². The molecule has 1 heterocycles. The molecule has 1 aliphatic rings. The maximum atomic E-state index is 12.4. The third-order valence-electron chi connectivity index (χ3n) is 4.45. The molecule has 3 rings (SSSR count). The predicted molar refractivity (Wildman–Crippen MR) is 118 cm³/mol. The molecular weight excluding hydrogens is 459 g/mol. The van der Waals surface area contributed by atoms with E-state index in [-0.39, 0.29) is 16.3 Å². The van der Waals surface area contributed by atoms with Gasteiger partial charge in [-0.15, -0.1) is 0 Å². The number of nitro benzene ring substituents is 1. The van der Waals surface area contributed by atoms with Gasteiger partial charge in [0.25, 0.3) is 11.6 Å². The zero-order valence-corrected chi connectivity index (χ0v) is 18.0. The number of hydrogen-bond acceptors (Lipinski definition) is 5. The maximum Gasteiger partial charge on any atom is 0.271 e. The van der Waals surface area contributed by atoms with E-state index in [0.717, 1.165) is 5.69 Å². The average Bonchev–Trinajstić information content (AvgIpc) is 2.67. The summed E-state index contributed by atoms with van der Waals surface area (Å²) in [5, 5.41) is 14.8. The standard InChI is InChI=1S/C18H15Cl3N4O3S/c19-11-1-3-13(14(20)9-11)17(26)22-18(29)24-7-5-23(6-8-24)16-4-2-12(25(27)28)10-15(16)21/h1-4,9-10H,5-8H2,(H,22,26,29). The number of non-ortho nitro benzene ring substituents is 1. The summed E-state index contributed by atoms with van der Waals surface area (Å²) in [6, 6.07) is 9.01. The molecule has 0 saturated carbocycles. The topological polar surface area (TPSA) is 78.7 Å². The Labute approximate surface area is 187 Å². The summed E-state index contributed by atoms with van der Waals surface area (Å²) in [6.07, 6.45) is 0. The lowest BCUT2D eigenvalue weighted by molar-refractivity contribution is -0.384. The van der Waals surface area contributed by atoms with E-state index in [2.05, 4.69) is 5.32 Å². The lowest BCUT2D eigenvalue weighted by atomic mass is 10.2. The van der Waals surface area contributed by atoms with Gasteiger partial charge >= 0.3 is 0 Å². The minimum Gasteiger partial charge on any atom is -0.367 e. The Bertz CT molecular complexity index is 981. The molecule has 0 spiro atoms. The van der Waals surface area contributed by atoms with Crippen molar-refractivity contribution in [3.8, 4) is 0 Å². The van der Waals surface area contributed by atoms with Crippen LogP contribution in [0.3, 0.4) is 0 Å². The third-order valence-corrected chi connectivity index (χ3v) is 5.66. The van der Waals surface area contributed by atoms with Gasteiger partial charge in [0, 0.05) is 43.3 Å². The Morgan fingerprint density at radius 2 is 1.72 bits per heavy atom. The second kappa shape index (κ2) is 9.13. The van der Waals surface area contributed by atoms with Crippen molar-refractivity contribution in [3.63, 3.8) is 0 Å². The van der Waals surface area contributed by atoms with E-state index in [9.17, 15) is 14.9 Å². The Hall–Kier alpha value is -2.13. The molecule has 11 heteroatoms. The number of halogens is 3. The molecule has 1 saturated heterocycles. The highest BCUT2D eigenvalue weighted by molar-refractivity contribution is 7.80. The van der Waals surface area contributed by atoms with Crippen molar-refractivity contribution in [2.45, 2.75) is 0 Å². The summed E-state index contributed by atoms with van der Waals surface area (Å²) in [7, 11) is 0. The van der Waals surface area contributed by atoms with Crippen LogP contribution in [0, 0.1) is 10.1 Å². The SMILES string of the molecule is O=C(NC(=S)N1CCN(c2ccc([N+](=O)[O-])cc2Cl)CC1)c1ccc(Cl)cc1Cl. The quantitative estimate of drug-likeness (QED) is 0.405. The van der Waals surface area contributed by atoms with Crippen LogP contribution in [-0.2, 0) is 0 Å². The highest BCUT2D eigenvalue weighted by atomic mass is 35.5. The molecule has 2 aromatic rings. The number of hydrogen-bond donors (Lipinski definition) is 1. The van der Waals surface area contributed by atoms with Gasteiger partial charge in [-0.25, -0.2) is 0 Å². The monoisotopic (exact) mass is 472 g/mol. The Balaban J connectivity index is 1.59. The molecule has 0 aliphatic carbocycles. The van der Waals surface area contributed by atoms with Crippen molar-refractivity contribution >= 4 is 69.4 Å². The largest absolute Gasteiger partial charge is 0.367 e. The highest BCUT2D eigenvalue weighted by Crippen LogP contribution is 2.30. The summed E-state index contributed by atoms with van der Waals surface area (Å²) in [6.45, 7) is 2.30. The van der Waals surface area contributed by atoms with Gasteiger partial charge in [0.2, 0.25) is 0 Å². The molecule has 152 valence electrons. The molecule has 1 fully saturated rings. The number of nitrogens with zero attached hydrogens (tertiary/aromatic N) is 3. The number of nitrogens with one attached hydrogen (secondary N) is 1. The molecule has 29 heavy (non-hydrogen) atoms. The number of piperazine rings is 1. The summed E-state index contributed by atoms with van der Waals surface area (Å²) >= 11 is 23.5. The van der Waals surface area contributed by atoms with Crippen LogP contribution >= 0.6 is 47.0 Å². The Morgan fingerprint density at radius 1 is 1.03 bits per heavy atom. The van der Waals surface area contributed by atoms with Gasteiger partial charge in [-0.2, -0.15) is 0 Å². The van der Waals surface area contributed by atoms with Crippen molar-refractivity contribution in [1.82, 2.24) is 10.2 Å². The van der Waals surface area contributed by atoms with Gasteiger partial charge in [0.1, 0.15) is 0 Å². The molecule has 0 bridgehead atoms. The number of carbonyl (C=O) groups is 1. The summed E-state index contributed by atoms with van der Waals surface area (Å²) in [5.41, 5.74) is 0.955. The first kappa shape index (κ1) is 21.6. The highest BCUT2D eigenvalue weighted by Gasteiger charge is 2.23. The second-order valence-electron chi connectivity index (χ2n) is 6.25. The fourth-order valence-corrected chi connectivity index (χ4v) is 4.00. The zero-order chi connectivity index (χ0) is 21.1. The minimum atomic E-state index is -0.484. The number of thiocarbonyl (C=S) groups is 1. The number of benzene rings is 2. The van der Waals surface area contributed by atoms with E-state index >= 15 is 0 Å². The Morgan fingerprint density at radius 3 is 2.31 bits per heavy atom. The molecule has 7 nitrogen and oxygen atoms in total. The molecule has 0 radical (unpaired) electrons. The van der Waals surface area contributed by atoms with Crippen LogP contribution in [0.1, 0.15) is 10.4 Å².